The SMILES string of the molecule is CC(C)(C)OC(=O)C(c1cscn1)S(=O)(=O)c1c(F)cc(O[C@H]2CCN(Cc3ccccc3)C2)c(Cl)c1F. The number of ether oxygens (including phenoxy) is 2. The van der Waals surface area contributed by atoms with Crippen molar-refractivity contribution in [3.05, 3.63) is 75.2 Å². The molecule has 0 aliphatic carbocycles. The normalized spacial score (nSPS) is 17.4. The Morgan fingerprint density at radius 2 is 1.97 bits per heavy atom. The summed E-state index contributed by atoms with van der Waals surface area (Å²) in [4.78, 5) is 17.6. The summed E-state index contributed by atoms with van der Waals surface area (Å²) in [5.74, 6) is -4.48. The van der Waals surface area contributed by atoms with Crippen molar-refractivity contribution in [1.29, 1.82) is 0 Å². The zero-order valence-corrected chi connectivity index (χ0v) is 23.4. The van der Waals surface area contributed by atoms with Crippen molar-refractivity contribution in [3.63, 3.8) is 0 Å². The third-order valence-electron chi connectivity index (χ3n) is 5.79. The highest BCUT2D eigenvalue weighted by atomic mass is 35.5. The van der Waals surface area contributed by atoms with Gasteiger partial charge in [-0.15, -0.1) is 11.3 Å². The van der Waals surface area contributed by atoms with Gasteiger partial charge >= 0.3 is 5.97 Å². The maximum absolute atomic E-state index is 15.4. The molecule has 0 saturated carbocycles. The molecule has 38 heavy (non-hydrogen) atoms. The minimum absolute atomic E-state index is 0.205. The molecule has 0 radical (unpaired) electrons. The number of hydrogen-bond donors (Lipinski definition) is 0. The topological polar surface area (TPSA) is 85.8 Å². The van der Waals surface area contributed by atoms with Crippen LogP contribution in [0.2, 0.25) is 5.02 Å². The zero-order valence-electron chi connectivity index (χ0n) is 21.0. The second-order valence-corrected chi connectivity index (χ2v) is 13.0. The Kier molecular flexibility index (Phi) is 8.41. The lowest BCUT2D eigenvalue weighted by Crippen LogP contribution is -2.32. The van der Waals surface area contributed by atoms with Crippen LogP contribution in [0.5, 0.6) is 5.75 Å². The lowest BCUT2D eigenvalue weighted by Gasteiger charge is -2.24. The molecule has 4 rings (SSSR count). The molecule has 1 unspecified atom stereocenters. The molecule has 1 saturated heterocycles. The van der Waals surface area contributed by atoms with Gasteiger partial charge in [-0.05, 0) is 32.8 Å². The molecule has 1 aliphatic heterocycles. The van der Waals surface area contributed by atoms with Gasteiger partial charge in [0, 0.05) is 31.1 Å². The van der Waals surface area contributed by atoms with E-state index in [-0.39, 0.29) is 11.4 Å². The molecule has 2 aromatic carbocycles. The van der Waals surface area contributed by atoms with Gasteiger partial charge in [-0.1, -0.05) is 41.9 Å². The van der Waals surface area contributed by atoms with Gasteiger partial charge in [0.25, 0.3) is 0 Å². The van der Waals surface area contributed by atoms with Crippen molar-refractivity contribution in [2.24, 2.45) is 0 Å². The molecule has 0 spiro atoms. The molecule has 1 fully saturated rings. The molecule has 0 bridgehead atoms. The summed E-state index contributed by atoms with van der Waals surface area (Å²) in [5.41, 5.74) is 1.17. The lowest BCUT2D eigenvalue weighted by molar-refractivity contribution is -0.154. The number of benzene rings is 2. The molecule has 204 valence electrons. The Balaban J connectivity index is 1.59. The quantitative estimate of drug-likeness (QED) is 0.252. The van der Waals surface area contributed by atoms with Crippen LogP contribution < -0.4 is 4.74 Å². The van der Waals surface area contributed by atoms with Gasteiger partial charge in [0.15, 0.2) is 5.82 Å². The largest absolute Gasteiger partial charge is 0.487 e. The van der Waals surface area contributed by atoms with E-state index >= 15 is 8.78 Å². The number of thiazole rings is 1. The first-order valence-electron chi connectivity index (χ1n) is 11.8. The summed E-state index contributed by atoms with van der Waals surface area (Å²) in [6, 6.07) is 10.6. The number of carbonyl (C=O) groups is 1. The lowest BCUT2D eigenvalue weighted by atomic mass is 10.2. The van der Waals surface area contributed by atoms with Crippen LogP contribution in [0.15, 0.2) is 52.2 Å². The maximum Gasteiger partial charge on any atom is 0.331 e. The van der Waals surface area contributed by atoms with Crippen molar-refractivity contribution >= 4 is 38.7 Å². The van der Waals surface area contributed by atoms with Gasteiger partial charge < -0.3 is 9.47 Å². The highest BCUT2D eigenvalue weighted by Crippen LogP contribution is 2.40. The second kappa shape index (κ2) is 11.3. The van der Waals surface area contributed by atoms with Crippen LogP contribution in [0.3, 0.4) is 0 Å². The molecular formula is C26H27ClF2N2O5S2. The van der Waals surface area contributed by atoms with E-state index in [9.17, 15) is 13.2 Å². The number of likely N-dealkylation sites (tertiary alicyclic amines) is 1. The smallest absolute Gasteiger partial charge is 0.331 e. The van der Waals surface area contributed by atoms with Crippen molar-refractivity contribution in [2.75, 3.05) is 13.1 Å². The molecule has 0 N–H and O–H groups in total. The van der Waals surface area contributed by atoms with Gasteiger partial charge in [0.2, 0.25) is 15.1 Å². The summed E-state index contributed by atoms with van der Waals surface area (Å²) >= 11 is 7.19. The Morgan fingerprint density at radius 3 is 2.61 bits per heavy atom. The van der Waals surface area contributed by atoms with Gasteiger partial charge in [0.1, 0.15) is 33.2 Å². The first-order chi connectivity index (χ1) is 17.9. The monoisotopic (exact) mass is 584 g/mol. The van der Waals surface area contributed by atoms with E-state index < -0.39 is 54.3 Å². The molecule has 2 atom stereocenters. The molecular weight excluding hydrogens is 558 g/mol. The minimum atomic E-state index is -5.00. The van der Waals surface area contributed by atoms with Crippen LogP contribution in [0.25, 0.3) is 0 Å². The van der Waals surface area contributed by atoms with Crippen LogP contribution in [-0.4, -0.2) is 49.1 Å². The van der Waals surface area contributed by atoms with Crippen LogP contribution in [0, 0.1) is 11.6 Å². The first kappa shape index (κ1) is 28.4. The number of rotatable bonds is 8. The van der Waals surface area contributed by atoms with Gasteiger partial charge in [0.05, 0.1) is 11.2 Å². The number of halogens is 3. The highest BCUT2D eigenvalue weighted by Gasteiger charge is 2.44. The Bertz CT molecular complexity index is 1400. The van der Waals surface area contributed by atoms with Crippen LogP contribution >= 0.6 is 22.9 Å². The van der Waals surface area contributed by atoms with Gasteiger partial charge in [-0.2, -0.15) is 0 Å². The fourth-order valence-corrected chi connectivity index (χ4v) is 6.77. The number of esters is 1. The summed E-state index contributed by atoms with van der Waals surface area (Å²) in [6.45, 7) is 6.53. The van der Waals surface area contributed by atoms with Gasteiger partial charge in [-0.25, -0.2) is 22.2 Å². The number of sulfone groups is 1. The molecule has 1 aliphatic rings. The molecule has 0 amide bonds. The molecule has 7 nitrogen and oxygen atoms in total. The van der Waals surface area contributed by atoms with E-state index in [2.05, 4.69) is 9.88 Å². The van der Waals surface area contributed by atoms with E-state index in [1.54, 1.807) is 20.8 Å². The van der Waals surface area contributed by atoms with Crippen LogP contribution in [0.4, 0.5) is 8.78 Å². The molecule has 12 heteroatoms. The fourth-order valence-electron chi connectivity index (χ4n) is 4.19. The van der Waals surface area contributed by atoms with Gasteiger partial charge in [-0.3, -0.25) is 9.69 Å². The average Bonchev–Trinajstić information content (AvgIpc) is 3.49. The summed E-state index contributed by atoms with van der Waals surface area (Å²) in [6.07, 6.45) is 0.193. The number of hydrogen-bond acceptors (Lipinski definition) is 8. The van der Waals surface area contributed by atoms with E-state index in [0.717, 1.165) is 23.0 Å². The predicted molar refractivity (Wildman–Crippen MR) is 140 cm³/mol. The Labute approximate surface area is 229 Å². The minimum Gasteiger partial charge on any atom is -0.487 e. The van der Waals surface area contributed by atoms with Crippen LogP contribution in [0.1, 0.15) is 43.7 Å². The zero-order chi connectivity index (χ0) is 27.7. The fraction of sp³-hybridized carbons (Fsp3) is 0.385. The number of carbonyl (C=O) groups excluding carboxylic acids is 1. The van der Waals surface area contributed by atoms with Crippen molar-refractivity contribution in [2.45, 2.75) is 55.6 Å². The summed E-state index contributed by atoms with van der Waals surface area (Å²) in [5, 5.41) is -1.46. The standard InChI is InChI=1S/C26H27ClF2N2O5S2/c1-26(2,3)36-25(32)24(19-14-37-15-30-19)38(33,34)23-18(28)11-20(21(27)22(23)29)35-17-9-10-31(13-17)12-16-7-5-4-6-8-16/h4-8,11,14-15,17,24H,9-10,12-13H2,1-3H3/t17-,24?/m0/s1. The Hall–Kier alpha value is -2.60. The molecule has 3 aromatic rings. The maximum atomic E-state index is 15.4. The third-order valence-corrected chi connectivity index (χ3v) is 8.75. The van der Waals surface area contributed by atoms with Crippen molar-refractivity contribution < 1.29 is 31.5 Å². The van der Waals surface area contributed by atoms with Crippen molar-refractivity contribution in [3.8, 4) is 5.75 Å². The van der Waals surface area contributed by atoms with E-state index in [1.165, 1.54) is 10.9 Å². The summed E-state index contributed by atoms with van der Waals surface area (Å²) in [7, 11) is -5.00. The second-order valence-electron chi connectivity index (χ2n) is 9.93. The van der Waals surface area contributed by atoms with Crippen LogP contribution in [-0.2, 0) is 25.9 Å². The first-order valence-corrected chi connectivity index (χ1v) is 14.7. The van der Waals surface area contributed by atoms with E-state index in [1.807, 2.05) is 30.3 Å². The average molecular weight is 585 g/mol. The molecule has 1 aromatic heterocycles. The number of nitrogens with zero attached hydrogens (tertiary/aromatic N) is 2. The van der Waals surface area contributed by atoms with E-state index in [4.69, 9.17) is 21.1 Å². The molecule has 2 heterocycles. The predicted octanol–water partition coefficient (Wildman–Crippen LogP) is 5.58. The van der Waals surface area contributed by atoms with E-state index in [0.29, 0.717) is 26.1 Å². The number of aromatic nitrogens is 1. The third kappa shape index (κ3) is 6.33. The summed E-state index contributed by atoms with van der Waals surface area (Å²) < 4.78 is 68.8. The highest BCUT2D eigenvalue weighted by molar-refractivity contribution is 7.92. The Morgan fingerprint density at radius 1 is 1.26 bits per heavy atom. The van der Waals surface area contributed by atoms with Crippen molar-refractivity contribution in [1.82, 2.24) is 9.88 Å².